The smallest absolute Gasteiger partial charge is 0.254 e. The quantitative estimate of drug-likeness (QED) is 0.0792. The van der Waals surface area contributed by atoms with Gasteiger partial charge >= 0.3 is 0 Å². The summed E-state index contributed by atoms with van der Waals surface area (Å²) in [7, 11) is 12.4. The van der Waals surface area contributed by atoms with Gasteiger partial charge in [-0.2, -0.15) is 0 Å². The van der Waals surface area contributed by atoms with Crippen molar-refractivity contribution >= 4 is 54.7 Å². The van der Waals surface area contributed by atoms with Crippen LogP contribution in [0.4, 0.5) is 0 Å². The molecule has 0 N–H and O–H groups in total. The van der Waals surface area contributed by atoms with Gasteiger partial charge in [-0.25, -0.2) is 0 Å². The SMILES string of the molecule is COc1cc2c(cc1OC)C(=O)N(CCCN(C)CCc1cc3ccccc3s1)C2.COc1cc2c(cc1OC)C(=O)N(CCCN(C)CCc1csc3cccc(OC)c13)C2. The second-order valence-electron chi connectivity index (χ2n) is 15.8. The summed E-state index contributed by atoms with van der Waals surface area (Å²) in [5.74, 6) is 3.64. The Balaban J connectivity index is 0.000000187. The fourth-order valence-corrected chi connectivity index (χ4v) is 10.4. The first kappa shape index (κ1) is 44.7. The number of rotatable bonds is 19. The summed E-state index contributed by atoms with van der Waals surface area (Å²) in [6.45, 7) is 6.65. The van der Waals surface area contributed by atoms with Gasteiger partial charge < -0.3 is 43.3 Å². The van der Waals surface area contributed by atoms with Crippen molar-refractivity contribution in [1.29, 1.82) is 0 Å². The molecular weight excluding hydrogens is 821 g/mol. The summed E-state index contributed by atoms with van der Waals surface area (Å²) in [6.07, 6.45) is 3.92. The first-order chi connectivity index (χ1) is 30.1. The van der Waals surface area contributed by atoms with Crippen molar-refractivity contribution in [3.63, 3.8) is 0 Å². The standard InChI is InChI=1S/C25H30N2O4S.C24H28N2O3S/c1-26(12-9-17-16-32-23-8-5-7-20(29-2)24(17)23)10-6-11-27-15-18-13-21(30-3)22(31-4)14-19(18)25(27)28;1-25(12-9-19-13-17-7-4-5-8-23(17)30-19)10-6-11-26-16-18-14-21(28-2)22(29-3)15-20(18)24(26)27/h5,7-8,13-14,16H,6,9-12,15H2,1-4H3;4-5,7-8,13-15H,6,9-12,16H2,1-3H3. The van der Waals surface area contributed by atoms with Crippen molar-refractivity contribution in [3.8, 4) is 28.7 Å². The van der Waals surface area contributed by atoms with Crippen LogP contribution in [0.3, 0.4) is 0 Å². The molecule has 0 saturated heterocycles. The topological polar surface area (TPSA) is 93.3 Å². The Kier molecular flexibility index (Phi) is 14.9. The van der Waals surface area contributed by atoms with E-state index in [0.29, 0.717) is 41.7 Å². The van der Waals surface area contributed by atoms with Crippen molar-refractivity contribution < 1.29 is 33.3 Å². The second kappa shape index (κ2) is 20.7. The van der Waals surface area contributed by atoms with Crippen LogP contribution in [0.25, 0.3) is 20.2 Å². The molecule has 13 heteroatoms. The Bertz CT molecular complexity index is 2470. The van der Waals surface area contributed by atoms with Crippen molar-refractivity contribution in [2.24, 2.45) is 0 Å². The molecule has 4 aromatic carbocycles. The molecule has 62 heavy (non-hydrogen) atoms. The number of likely N-dealkylation sites (N-methyl/N-ethyl adjacent to an activating group) is 2. The number of carbonyl (C=O) groups is 2. The predicted octanol–water partition coefficient (Wildman–Crippen LogP) is 8.89. The molecule has 0 radical (unpaired) electrons. The number of fused-ring (bicyclic) bond motifs is 4. The Labute approximate surface area is 373 Å². The Morgan fingerprint density at radius 3 is 1.65 bits per heavy atom. The fraction of sp³-hybridized carbons (Fsp3) is 0.388. The van der Waals surface area contributed by atoms with Gasteiger partial charge in [0.25, 0.3) is 11.8 Å². The summed E-state index contributed by atoms with van der Waals surface area (Å²) < 4.78 is 29.6. The van der Waals surface area contributed by atoms with E-state index in [9.17, 15) is 9.59 Å². The van der Waals surface area contributed by atoms with E-state index < -0.39 is 0 Å². The average molecular weight is 879 g/mol. The maximum absolute atomic E-state index is 12.8. The van der Waals surface area contributed by atoms with E-state index in [0.717, 1.165) is 87.4 Å². The Hall–Kier alpha value is -5.34. The summed E-state index contributed by atoms with van der Waals surface area (Å²) in [4.78, 5) is 35.5. The molecule has 4 heterocycles. The van der Waals surface area contributed by atoms with E-state index in [4.69, 9.17) is 23.7 Å². The van der Waals surface area contributed by atoms with Crippen LogP contribution in [-0.2, 0) is 25.9 Å². The van der Waals surface area contributed by atoms with Gasteiger partial charge in [0.2, 0.25) is 0 Å². The third kappa shape index (κ3) is 10.1. The zero-order chi connectivity index (χ0) is 43.8. The maximum atomic E-state index is 12.8. The maximum Gasteiger partial charge on any atom is 0.254 e. The zero-order valence-electron chi connectivity index (χ0n) is 37.0. The fourth-order valence-electron chi connectivity index (χ4n) is 8.29. The molecule has 0 atom stereocenters. The number of methoxy groups -OCH3 is 5. The van der Waals surface area contributed by atoms with Gasteiger partial charge in [-0.3, -0.25) is 9.59 Å². The van der Waals surface area contributed by atoms with Gasteiger partial charge in [-0.15, -0.1) is 22.7 Å². The second-order valence-corrected chi connectivity index (χ2v) is 17.9. The summed E-state index contributed by atoms with van der Waals surface area (Å²) in [6, 6.07) is 24.5. The molecule has 2 amide bonds. The van der Waals surface area contributed by atoms with Crippen LogP contribution < -0.4 is 23.7 Å². The van der Waals surface area contributed by atoms with Gasteiger partial charge in [-0.1, -0.05) is 24.3 Å². The molecule has 0 aliphatic carbocycles. The van der Waals surface area contributed by atoms with Gasteiger partial charge in [0.15, 0.2) is 23.0 Å². The summed E-state index contributed by atoms with van der Waals surface area (Å²) in [5.41, 5.74) is 4.79. The molecule has 0 saturated carbocycles. The minimum Gasteiger partial charge on any atom is -0.496 e. The zero-order valence-corrected chi connectivity index (χ0v) is 38.6. The number of hydrogen-bond acceptors (Lipinski definition) is 11. The van der Waals surface area contributed by atoms with E-state index in [-0.39, 0.29) is 11.8 Å². The molecule has 0 spiro atoms. The van der Waals surface area contributed by atoms with Crippen LogP contribution >= 0.6 is 22.7 Å². The number of amides is 2. The Morgan fingerprint density at radius 2 is 1.10 bits per heavy atom. The molecule has 328 valence electrons. The molecule has 0 unspecified atom stereocenters. The lowest BCUT2D eigenvalue weighted by Gasteiger charge is -2.20. The number of hydrogen-bond donors (Lipinski definition) is 0. The van der Waals surface area contributed by atoms with Crippen LogP contribution in [0.1, 0.15) is 55.1 Å². The summed E-state index contributed by atoms with van der Waals surface area (Å²) >= 11 is 3.65. The minimum atomic E-state index is 0.0699. The molecule has 6 aromatic rings. The number of thiophene rings is 2. The molecule has 2 aromatic heterocycles. The van der Waals surface area contributed by atoms with Crippen LogP contribution in [-0.4, -0.2) is 120 Å². The van der Waals surface area contributed by atoms with Gasteiger partial charge in [0.05, 0.1) is 35.5 Å². The number of carbonyl (C=O) groups excluding carboxylic acids is 2. The van der Waals surface area contributed by atoms with Gasteiger partial charge in [0, 0.05) is 70.1 Å². The van der Waals surface area contributed by atoms with E-state index in [2.05, 4.69) is 65.7 Å². The summed E-state index contributed by atoms with van der Waals surface area (Å²) in [5, 5.41) is 4.81. The lowest BCUT2D eigenvalue weighted by Crippen LogP contribution is -2.29. The average Bonchev–Trinajstić information content (AvgIpc) is 4.07. The normalized spacial score (nSPS) is 13.2. The van der Waals surface area contributed by atoms with Gasteiger partial charge in [-0.05, 0) is 129 Å². The highest BCUT2D eigenvalue weighted by molar-refractivity contribution is 7.19. The minimum absolute atomic E-state index is 0.0699. The predicted molar refractivity (Wildman–Crippen MR) is 250 cm³/mol. The molecule has 0 fully saturated rings. The largest absolute Gasteiger partial charge is 0.496 e. The Morgan fingerprint density at radius 1 is 0.581 bits per heavy atom. The third-order valence-electron chi connectivity index (χ3n) is 11.7. The van der Waals surface area contributed by atoms with Crippen molar-refractivity contribution in [1.82, 2.24) is 19.6 Å². The lowest BCUT2D eigenvalue weighted by atomic mass is 10.1. The van der Waals surface area contributed by atoms with E-state index in [1.54, 1.807) is 59.0 Å². The number of nitrogens with zero attached hydrogens (tertiary/aromatic N) is 4. The van der Waals surface area contributed by atoms with E-state index >= 15 is 0 Å². The molecular formula is C49H58N4O7S2. The molecule has 2 aliphatic heterocycles. The highest BCUT2D eigenvalue weighted by atomic mass is 32.1. The van der Waals surface area contributed by atoms with Crippen LogP contribution in [0, 0.1) is 0 Å². The molecule has 8 rings (SSSR count). The monoisotopic (exact) mass is 878 g/mol. The highest BCUT2D eigenvalue weighted by Gasteiger charge is 2.30. The van der Waals surface area contributed by atoms with Crippen molar-refractivity contribution in [2.75, 3.05) is 88.9 Å². The number of benzene rings is 4. The third-order valence-corrected chi connectivity index (χ3v) is 13.9. The first-order valence-electron chi connectivity index (χ1n) is 21.1. The van der Waals surface area contributed by atoms with E-state index in [1.165, 1.54) is 30.6 Å². The first-order valence-corrected chi connectivity index (χ1v) is 22.8. The highest BCUT2D eigenvalue weighted by Crippen LogP contribution is 2.37. The molecule has 0 bridgehead atoms. The number of ether oxygens (including phenoxy) is 5. The molecule has 2 aliphatic rings. The van der Waals surface area contributed by atoms with Crippen LogP contribution in [0.2, 0.25) is 0 Å². The van der Waals surface area contributed by atoms with Gasteiger partial charge in [0.1, 0.15) is 5.75 Å². The van der Waals surface area contributed by atoms with E-state index in [1.807, 2.05) is 45.4 Å². The van der Waals surface area contributed by atoms with Crippen molar-refractivity contribution in [3.05, 3.63) is 111 Å². The lowest BCUT2D eigenvalue weighted by molar-refractivity contribution is 0.0765. The molecule has 11 nitrogen and oxygen atoms in total. The van der Waals surface area contributed by atoms with Crippen LogP contribution in [0.15, 0.2) is 78.2 Å². The van der Waals surface area contributed by atoms with Crippen LogP contribution in [0.5, 0.6) is 28.7 Å². The van der Waals surface area contributed by atoms with Crippen molar-refractivity contribution in [2.45, 2.75) is 38.8 Å².